The van der Waals surface area contributed by atoms with Crippen LogP contribution >= 0.6 is 15.9 Å². The predicted octanol–water partition coefficient (Wildman–Crippen LogP) is 4.73. The number of rotatable bonds is 6. The predicted molar refractivity (Wildman–Crippen MR) is 123 cm³/mol. The normalized spacial score (nSPS) is 16.9. The molecule has 0 saturated carbocycles. The fourth-order valence-corrected chi connectivity index (χ4v) is 5.61. The molecule has 1 N–H and O–H groups in total. The van der Waals surface area contributed by atoms with Crippen LogP contribution in [0.3, 0.4) is 0 Å². The van der Waals surface area contributed by atoms with Crippen molar-refractivity contribution in [2.75, 3.05) is 13.1 Å². The van der Waals surface area contributed by atoms with Crippen molar-refractivity contribution in [2.24, 2.45) is 5.92 Å². The highest BCUT2D eigenvalue weighted by Crippen LogP contribution is 2.26. The van der Waals surface area contributed by atoms with Gasteiger partial charge in [-0.1, -0.05) is 41.1 Å². The van der Waals surface area contributed by atoms with Gasteiger partial charge in [-0.25, -0.2) is 8.42 Å². The molecule has 162 valence electrons. The summed E-state index contributed by atoms with van der Waals surface area (Å²) in [5.41, 5.74) is 3.10. The van der Waals surface area contributed by atoms with Crippen molar-refractivity contribution in [3.63, 3.8) is 0 Å². The molecule has 0 bridgehead atoms. The minimum atomic E-state index is -3.53. The summed E-state index contributed by atoms with van der Waals surface area (Å²) in [5.74, 6) is -0.159. The molecule has 2 aromatic carbocycles. The number of nitrogens with one attached hydrogen (secondary N) is 1. The van der Waals surface area contributed by atoms with Gasteiger partial charge in [0.15, 0.2) is 0 Å². The summed E-state index contributed by atoms with van der Waals surface area (Å²) in [5, 5.41) is 3.15. The Labute approximate surface area is 188 Å². The van der Waals surface area contributed by atoms with Gasteiger partial charge in [-0.2, -0.15) is 4.31 Å². The molecule has 0 aliphatic carbocycles. The zero-order valence-corrected chi connectivity index (χ0v) is 20.1. The maximum Gasteiger partial charge on any atom is 0.243 e. The molecule has 0 aromatic heterocycles. The second-order valence-electron chi connectivity index (χ2n) is 7.95. The molecular weight excluding hydrogens is 464 g/mol. The minimum absolute atomic E-state index is 0.00740. The van der Waals surface area contributed by atoms with Crippen LogP contribution in [0, 0.1) is 19.8 Å². The van der Waals surface area contributed by atoms with Crippen molar-refractivity contribution in [1.29, 1.82) is 0 Å². The summed E-state index contributed by atoms with van der Waals surface area (Å²) in [4.78, 5) is 13.2. The van der Waals surface area contributed by atoms with Crippen molar-refractivity contribution < 1.29 is 13.2 Å². The number of carbonyl (C=O) groups is 1. The fourth-order valence-electron chi connectivity index (χ4n) is 3.79. The SMILES string of the molecule is CCC(NC(=O)C1CCN(S(=O)(=O)c2ccc(C)c(C)c2)CC1)c1ccc(Br)cc1. The zero-order chi connectivity index (χ0) is 21.9. The van der Waals surface area contributed by atoms with Gasteiger partial charge in [0.2, 0.25) is 15.9 Å². The lowest BCUT2D eigenvalue weighted by molar-refractivity contribution is -0.126. The van der Waals surface area contributed by atoms with E-state index in [1.807, 2.05) is 51.1 Å². The van der Waals surface area contributed by atoms with Gasteiger partial charge in [0.25, 0.3) is 0 Å². The third-order valence-corrected chi connectivity index (χ3v) is 8.36. The average Bonchev–Trinajstić information content (AvgIpc) is 2.74. The average molecular weight is 493 g/mol. The van der Waals surface area contributed by atoms with Crippen LogP contribution < -0.4 is 5.32 Å². The Bertz CT molecular complexity index is 998. The van der Waals surface area contributed by atoms with E-state index in [9.17, 15) is 13.2 Å². The Morgan fingerprint density at radius 1 is 1.10 bits per heavy atom. The number of hydrogen-bond donors (Lipinski definition) is 1. The van der Waals surface area contributed by atoms with E-state index in [4.69, 9.17) is 0 Å². The second kappa shape index (κ2) is 9.62. The van der Waals surface area contributed by atoms with Crippen LogP contribution in [0.25, 0.3) is 0 Å². The van der Waals surface area contributed by atoms with Crippen LogP contribution in [0.5, 0.6) is 0 Å². The molecule has 2 aromatic rings. The molecule has 3 rings (SSSR count). The molecule has 1 heterocycles. The number of benzene rings is 2. The number of piperidine rings is 1. The van der Waals surface area contributed by atoms with Gasteiger partial charge in [-0.05, 0) is 74.1 Å². The molecule has 5 nitrogen and oxygen atoms in total. The molecule has 1 aliphatic rings. The molecule has 1 amide bonds. The monoisotopic (exact) mass is 492 g/mol. The van der Waals surface area contributed by atoms with Gasteiger partial charge in [0, 0.05) is 23.5 Å². The van der Waals surface area contributed by atoms with E-state index in [2.05, 4.69) is 21.2 Å². The fraction of sp³-hybridized carbons (Fsp3) is 0.435. The third kappa shape index (κ3) is 5.13. The molecule has 30 heavy (non-hydrogen) atoms. The molecule has 1 aliphatic heterocycles. The maximum absolute atomic E-state index is 13.0. The van der Waals surface area contributed by atoms with E-state index in [-0.39, 0.29) is 17.9 Å². The van der Waals surface area contributed by atoms with Crippen molar-refractivity contribution >= 4 is 31.9 Å². The summed E-state index contributed by atoms with van der Waals surface area (Å²) in [6.45, 7) is 6.66. The summed E-state index contributed by atoms with van der Waals surface area (Å²) < 4.78 is 28.5. The number of nitrogens with zero attached hydrogens (tertiary/aromatic N) is 1. The van der Waals surface area contributed by atoms with Gasteiger partial charge < -0.3 is 5.32 Å². The first-order chi connectivity index (χ1) is 14.2. The van der Waals surface area contributed by atoms with Gasteiger partial charge >= 0.3 is 0 Å². The van der Waals surface area contributed by atoms with Crippen LogP contribution in [-0.2, 0) is 14.8 Å². The van der Waals surface area contributed by atoms with Crippen LogP contribution in [-0.4, -0.2) is 31.7 Å². The first-order valence-corrected chi connectivity index (χ1v) is 12.6. The highest BCUT2D eigenvalue weighted by molar-refractivity contribution is 9.10. The quantitative estimate of drug-likeness (QED) is 0.633. The first kappa shape index (κ1) is 23.0. The lowest BCUT2D eigenvalue weighted by Crippen LogP contribution is -2.43. The summed E-state index contributed by atoms with van der Waals surface area (Å²) in [6, 6.07) is 13.2. The Kier molecular flexibility index (Phi) is 7.37. The Balaban J connectivity index is 1.62. The Hall–Kier alpha value is -1.70. The van der Waals surface area contributed by atoms with Crippen molar-refractivity contribution in [2.45, 2.75) is 51.0 Å². The van der Waals surface area contributed by atoms with Gasteiger partial charge in [0.1, 0.15) is 0 Å². The first-order valence-electron chi connectivity index (χ1n) is 10.4. The summed E-state index contributed by atoms with van der Waals surface area (Å²) in [6.07, 6.45) is 1.87. The highest BCUT2D eigenvalue weighted by Gasteiger charge is 2.32. The largest absolute Gasteiger partial charge is 0.349 e. The molecular formula is C23H29BrN2O3S. The zero-order valence-electron chi connectivity index (χ0n) is 17.7. The molecule has 1 unspecified atom stereocenters. The lowest BCUT2D eigenvalue weighted by Gasteiger charge is -2.31. The second-order valence-corrected chi connectivity index (χ2v) is 10.8. The molecule has 1 atom stereocenters. The molecule has 0 spiro atoms. The van der Waals surface area contributed by atoms with Crippen LogP contribution in [0.2, 0.25) is 0 Å². The molecule has 0 radical (unpaired) electrons. The minimum Gasteiger partial charge on any atom is -0.349 e. The molecule has 1 fully saturated rings. The van der Waals surface area contributed by atoms with Gasteiger partial charge in [-0.15, -0.1) is 0 Å². The van der Waals surface area contributed by atoms with E-state index >= 15 is 0 Å². The van der Waals surface area contributed by atoms with Crippen LogP contribution in [0.4, 0.5) is 0 Å². The van der Waals surface area contributed by atoms with Gasteiger partial charge in [0.05, 0.1) is 10.9 Å². The summed E-state index contributed by atoms with van der Waals surface area (Å²) >= 11 is 3.43. The number of hydrogen-bond acceptors (Lipinski definition) is 3. The summed E-state index contributed by atoms with van der Waals surface area (Å²) in [7, 11) is -3.53. The standard InChI is InChI=1S/C23H29BrN2O3S/c1-4-22(18-6-8-20(24)9-7-18)25-23(27)19-11-13-26(14-12-19)30(28,29)21-10-5-16(2)17(3)15-21/h5-10,15,19,22H,4,11-14H2,1-3H3,(H,25,27). The van der Waals surface area contributed by atoms with Crippen LogP contribution in [0.1, 0.15) is 48.9 Å². The number of aryl methyl sites for hydroxylation is 2. The Morgan fingerprint density at radius 3 is 2.30 bits per heavy atom. The van der Waals surface area contributed by atoms with Crippen molar-refractivity contribution in [3.8, 4) is 0 Å². The maximum atomic E-state index is 13.0. The highest BCUT2D eigenvalue weighted by atomic mass is 79.9. The van der Waals surface area contributed by atoms with Crippen molar-refractivity contribution in [3.05, 3.63) is 63.6 Å². The van der Waals surface area contributed by atoms with E-state index < -0.39 is 10.0 Å². The number of halogens is 1. The number of carbonyl (C=O) groups excluding carboxylic acids is 1. The van der Waals surface area contributed by atoms with E-state index in [1.54, 1.807) is 12.1 Å². The van der Waals surface area contributed by atoms with Gasteiger partial charge in [-0.3, -0.25) is 4.79 Å². The number of amides is 1. The third-order valence-electron chi connectivity index (χ3n) is 5.94. The number of sulfonamides is 1. The topological polar surface area (TPSA) is 66.5 Å². The molecule has 1 saturated heterocycles. The van der Waals surface area contributed by atoms with E-state index in [1.165, 1.54) is 4.31 Å². The molecule has 7 heteroatoms. The van der Waals surface area contributed by atoms with Crippen LogP contribution in [0.15, 0.2) is 51.8 Å². The smallest absolute Gasteiger partial charge is 0.243 e. The Morgan fingerprint density at radius 2 is 1.73 bits per heavy atom. The van der Waals surface area contributed by atoms with Crippen molar-refractivity contribution in [1.82, 2.24) is 9.62 Å². The lowest BCUT2D eigenvalue weighted by atomic mass is 9.96. The van der Waals surface area contributed by atoms with E-state index in [0.29, 0.717) is 30.8 Å². The van der Waals surface area contributed by atoms with E-state index in [0.717, 1.165) is 27.6 Å².